The predicted octanol–water partition coefficient (Wildman–Crippen LogP) is 0.512. The van der Waals surface area contributed by atoms with Crippen LogP contribution in [-0.2, 0) is 24.8 Å². The molecule has 0 atom stereocenters. The molecule has 0 aliphatic carbocycles. The molecular formula is C15H16N2O5S2. The molecule has 2 rings (SSSR count). The summed E-state index contributed by atoms with van der Waals surface area (Å²) in [5, 5.41) is 0. The first-order chi connectivity index (χ1) is 11.3. The average Bonchev–Trinajstić information content (AvgIpc) is 2.60. The van der Waals surface area contributed by atoms with Crippen LogP contribution in [0.3, 0.4) is 0 Å². The summed E-state index contributed by atoms with van der Waals surface area (Å²) in [7, 11) is -7.62. The van der Waals surface area contributed by atoms with E-state index in [-0.39, 0.29) is 9.79 Å². The highest BCUT2D eigenvalue weighted by atomic mass is 32.2. The Labute approximate surface area is 140 Å². The minimum Gasteiger partial charge on any atom is -0.297 e. The molecule has 0 unspecified atom stereocenters. The summed E-state index contributed by atoms with van der Waals surface area (Å²) in [4.78, 5) is 11.8. The number of nitrogens with one attached hydrogen (secondary N) is 2. The zero-order valence-electron chi connectivity index (χ0n) is 12.5. The number of sulfonamides is 2. The Morgan fingerprint density at radius 1 is 0.667 bits per heavy atom. The first-order valence-corrected chi connectivity index (χ1v) is 9.89. The van der Waals surface area contributed by atoms with Crippen molar-refractivity contribution in [3.8, 4) is 0 Å². The Balaban J connectivity index is 1.90. The van der Waals surface area contributed by atoms with Crippen LogP contribution in [0.2, 0.25) is 0 Å². The van der Waals surface area contributed by atoms with Gasteiger partial charge in [0.2, 0.25) is 20.0 Å². The summed E-state index contributed by atoms with van der Waals surface area (Å²) in [5.41, 5.74) is 0. The molecule has 0 radical (unpaired) electrons. The lowest BCUT2D eigenvalue weighted by Crippen LogP contribution is -2.36. The number of carbonyl (C=O) groups is 1. The molecule has 0 bridgehead atoms. The maximum Gasteiger partial charge on any atom is 0.240 e. The Bertz CT molecular complexity index is 820. The Morgan fingerprint density at radius 3 is 1.33 bits per heavy atom. The quantitative estimate of drug-likeness (QED) is 0.706. The predicted molar refractivity (Wildman–Crippen MR) is 88.3 cm³/mol. The maximum atomic E-state index is 12.0. The largest absolute Gasteiger partial charge is 0.297 e. The summed E-state index contributed by atoms with van der Waals surface area (Å²) in [6.07, 6.45) is 0. The standard InChI is InChI=1S/C15H16N2O5S2/c18-13(11-16-23(19,20)14-7-3-1-4-8-14)12-17-24(21,22)15-9-5-2-6-10-15/h1-10,16-17H,11-12H2. The molecule has 0 amide bonds. The first-order valence-electron chi connectivity index (χ1n) is 6.92. The summed E-state index contributed by atoms with van der Waals surface area (Å²) in [6.45, 7) is -1.01. The highest BCUT2D eigenvalue weighted by Crippen LogP contribution is 2.07. The van der Waals surface area contributed by atoms with Crippen LogP contribution in [0.25, 0.3) is 0 Å². The molecule has 2 aromatic carbocycles. The van der Waals surface area contributed by atoms with Crippen LogP contribution >= 0.6 is 0 Å². The number of benzene rings is 2. The lowest BCUT2D eigenvalue weighted by Gasteiger charge is -2.08. The Morgan fingerprint density at radius 2 is 1.00 bits per heavy atom. The summed E-state index contributed by atoms with van der Waals surface area (Å²) < 4.78 is 52.1. The van der Waals surface area contributed by atoms with Crippen LogP contribution in [0.5, 0.6) is 0 Å². The molecule has 0 fully saturated rings. The molecule has 9 heteroatoms. The monoisotopic (exact) mass is 368 g/mol. The van der Waals surface area contributed by atoms with Crippen LogP contribution < -0.4 is 9.44 Å². The number of Topliss-reactive ketones (excluding diaryl/α,β-unsaturated/α-hetero) is 1. The van der Waals surface area contributed by atoms with E-state index in [0.29, 0.717) is 0 Å². The second-order valence-corrected chi connectivity index (χ2v) is 8.35. The molecule has 0 saturated carbocycles. The van der Waals surface area contributed by atoms with Crippen molar-refractivity contribution in [2.45, 2.75) is 9.79 Å². The van der Waals surface area contributed by atoms with E-state index < -0.39 is 38.9 Å². The van der Waals surface area contributed by atoms with Crippen LogP contribution in [-0.4, -0.2) is 35.7 Å². The average molecular weight is 368 g/mol. The van der Waals surface area contributed by atoms with Crippen molar-refractivity contribution in [1.29, 1.82) is 0 Å². The second kappa shape index (κ2) is 7.67. The fourth-order valence-corrected chi connectivity index (χ4v) is 3.85. The van der Waals surface area contributed by atoms with Gasteiger partial charge in [0.25, 0.3) is 0 Å². The topological polar surface area (TPSA) is 109 Å². The maximum absolute atomic E-state index is 12.0. The third-order valence-electron chi connectivity index (χ3n) is 3.03. The van der Waals surface area contributed by atoms with Crippen molar-refractivity contribution in [3.05, 3.63) is 60.7 Å². The van der Waals surface area contributed by atoms with Crippen molar-refractivity contribution < 1.29 is 21.6 Å². The molecule has 7 nitrogen and oxygen atoms in total. The molecule has 0 aliphatic heterocycles. The van der Waals surface area contributed by atoms with Crippen LogP contribution in [0.1, 0.15) is 0 Å². The van der Waals surface area contributed by atoms with Crippen molar-refractivity contribution >= 4 is 25.8 Å². The molecular weight excluding hydrogens is 352 g/mol. The number of hydrogen-bond donors (Lipinski definition) is 2. The van der Waals surface area contributed by atoms with Crippen LogP contribution in [0.4, 0.5) is 0 Å². The Hall–Kier alpha value is -2.07. The highest BCUT2D eigenvalue weighted by molar-refractivity contribution is 7.89. The van der Waals surface area contributed by atoms with Gasteiger partial charge < -0.3 is 0 Å². The number of ketones is 1. The third kappa shape index (κ3) is 4.96. The molecule has 0 aromatic heterocycles. The van der Waals surface area contributed by atoms with E-state index in [4.69, 9.17) is 0 Å². The lowest BCUT2D eigenvalue weighted by molar-refractivity contribution is -0.116. The summed E-state index contributed by atoms with van der Waals surface area (Å²) >= 11 is 0. The summed E-state index contributed by atoms with van der Waals surface area (Å²) in [5.74, 6) is -0.603. The SMILES string of the molecule is O=C(CNS(=O)(=O)c1ccccc1)CNS(=O)(=O)c1ccccc1. The van der Waals surface area contributed by atoms with E-state index in [2.05, 4.69) is 9.44 Å². The van der Waals surface area contributed by atoms with Gasteiger partial charge in [-0.2, -0.15) is 0 Å². The van der Waals surface area contributed by atoms with Crippen LogP contribution in [0.15, 0.2) is 70.5 Å². The van der Waals surface area contributed by atoms with Crippen molar-refractivity contribution in [2.75, 3.05) is 13.1 Å². The van der Waals surface area contributed by atoms with Gasteiger partial charge in [-0.15, -0.1) is 0 Å². The molecule has 0 heterocycles. The van der Waals surface area contributed by atoms with Gasteiger partial charge in [0, 0.05) is 0 Å². The van der Waals surface area contributed by atoms with Gasteiger partial charge in [0.05, 0.1) is 22.9 Å². The molecule has 0 saturated heterocycles. The van der Waals surface area contributed by atoms with E-state index in [1.54, 1.807) is 36.4 Å². The normalized spacial score (nSPS) is 12.0. The molecule has 0 aliphatic rings. The molecule has 2 N–H and O–H groups in total. The van der Waals surface area contributed by atoms with Gasteiger partial charge in [0.15, 0.2) is 5.78 Å². The smallest absolute Gasteiger partial charge is 0.240 e. The van der Waals surface area contributed by atoms with Gasteiger partial charge in [0.1, 0.15) is 0 Å². The van der Waals surface area contributed by atoms with Gasteiger partial charge >= 0.3 is 0 Å². The van der Waals surface area contributed by atoms with E-state index in [9.17, 15) is 21.6 Å². The van der Waals surface area contributed by atoms with Crippen molar-refractivity contribution in [1.82, 2.24) is 9.44 Å². The van der Waals surface area contributed by atoms with E-state index in [0.717, 1.165) is 0 Å². The lowest BCUT2D eigenvalue weighted by atomic mass is 10.4. The zero-order valence-corrected chi connectivity index (χ0v) is 14.2. The van der Waals surface area contributed by atoms with E-state index in [1.807, 2.05) is 0 Å². The van der Waals surface area contributed by atoms with Crippen molar-refractivity contribution in [3.63, 3.8) is 0 Å². The van der Waals surface area contributed by atoms with Gasteiger partial charge in [-0.1, -0.05) is 36.4 Å². The molecule has 128 valence electrons. The molecule has 2 aromatic rings. The minimum absolute atomic E-state index is 0.0302. The number of rotatable bonds is 8. The van der Waals surface area contributed by atoms with Gasteiger partial charge in [-0.05, 0) is 24.3 Å². The van der Waals surface area contributed by atoms with Gasteiger partial charge in [-0.3, -0.25) is 4.79 Å². The first kappa shape index (κ1) is 18.3. The molecule has 24 heavy (non-hydrogen) atoms. The van der Waals surface area contributed by atoms with Crippen molar-refractivity contribution in [2.24, 2.45) is 0 Å². The zero-order chi connectivity index (χ0) is 17.6. The Kier molecular flexibility index (Phi) is 5.84. The third-order valence-corrected chi connectivity index (χ3v) is 5.86. The van der Waals surface area contributed by atoms with E-state index >= 15 is 0 Å². The molecule has 0 spiro atoms. The highest BCUT2D eigenvalue weighted by Gasteiger charge is 2.17. The number of hydrogen-bond acceptors (Lipinski definition) is 5. The van der Waals surface area contributed by atoms with Crippen LogP contribution in [0, 0.1) is 0 Å². The fourth-order valence-electron chi connectivity index (χ4n) is 1.78. The summed E-state index contributed by atoms with van der Waals surface area (Å²) in [6, 6.07) is 15.2. The van der Waals surface area contributed by atoms with Gasteiger partial charge in [-0.25, -0.2) is 26.3 Å². The minimum atomic E-state index is -3.81. The fraction of sp³-hybridized carbons (Fsp3) is 0.133. The number of carbonyl (C=O) groups excluding carboxylic acids is 1. The second-order valence-electron chi connectivity index (χ2n) is 4.81. The van der Waals surface area contributed by atoms with E-state index in [1.165, 1.54) is 24.3 Å².